The third kappa shape index (κ3) is 6.25. The van der Waals surface area contributed by atoms with E-state index in [-0.39, 0.29) is 24.2 Å². The van der Waals surface area contributed by atoms with E-state index < -0.39 is 0 Å². The predicted molar refractivity (Wildman–Crippen MR) is 107 cm³/mol. The van der Waals surface area contributed by atoms with Crippen LogP contribution in [0.2, 0.25) is 0 Å². The molecule has 0 amide bonds. The number of piperazine rings is 2. The Morgan fingerprint density at radius 1 is 0.692 bits per heavy atom. The minimum absolute atomic E-state index is 0.00968. The van der Waals surface area contributed by atoms with E-state index in [1.54, 1.807) is 0 Å². The zero-order chi connectivity index (χ0) is 19.3. The lowest BCUT2D eigenvalue weighted by Crippen LogP contribution is -2.58. The standard InChI is InChI=1S/C19H40N6O/c1-15(20)13-22-5-9-24(10-6-22)17(3)19(26)18(4)25-11-7-23(8-12-25)14-16(2)21/h15-18H,5-14,20-21H2,1-4H3/t15?,16?,17-,18-/m1/s1. The van der Waals surface area contributed by atoms with Crippen LogP contribution in [0.4, 0.5) is 0 Å². The molecule has 2 aliphatic heterocycles. The maximum atomic E-state index is 13.0. The van der Waals surface area contributed by atoms with Crippen LogP contribution in [0.25, 0.3) is 0 Å². The Bertz CT molecular complexity index is 390. The molecule has 2 unspecified atom stereocenters. The van der Waals surface area contributed by atoms with Gasteiger partial charge in [0.1, 0.15) is 0 Å². The number of Topliss-reactive ketones (excluding diaryl/α,β-unsaturated/α-hetero) is 1. The topological polar surface area (TPSA) is 82.1 Å². The van der Waals surface area contributed by atoms with Crippen LogP contribution in [0.3, 0.4) is 0 Å². The molecule has 2 heterocycles. The molecule has 4 N–H and O–H groups in total. The van der Waals surface area contributed by atoms with Crippen molar-refractivity contribution in [3.63, 3.8) is 0 Å². The second-order valence-electron chi connectivity index (χ2n) is 8.38. The Labute approximate surface area is 159 Å². The molecule has 0 aromatic rings. The first-order valence-electron chi connectivity index (χ1n) is 10.3. The second kappa shape index (κ2) is 10.1. The fourth-order valence-corrected chi connectivity index (χ4v) is 4.19. The molecule has 0 aromatic heterocycles. The molecule has 2 fully saturated rings. The summed E-state index contributed by atoms with van der Waals surface area (Å²) in [6.07, 6.45) is 0. The van der Waals surface area contributed by atoms with Crippen molar-refractivity contribution in [2.24, 2.45) is 11.5 Å². The number of nitrogens with two attached hydrogens (primary N) is 2. The first-order valence-corrected chi connectivity index (χ1v) is 10.3. The van der Waals surface area contributed by atoms with Gasteiger partial charge in [-0.15, -0.1) is 0 Å². The van der Waals surface area contributed by atoms with E-state index in [0.717, 1.165) is 65.4 Å². The summed E-state index contributed by atoms with van der Waals surface area (Å²) in [6.45, 7) is 18.0. The molecule has 2 rings (SSSR count). The van der Waals surface area contributed by atoms with Gasteiger partial charge in [0, 0.05) is 77.5 Å². The molecule has 26 heavy (non-hydrogen) atoms. The van der Waals surface area contributed by atoms with Crippen molar-refractivity contribution < 1.29 is 4.79 Å². The van der Waals surface area contributed by atoms with Gasteiger partial charge < -0.3 is 11.5 Å². The molecular formula is C19H40N6O. The fourth-order valence-electron chi connectivity index (χ4n) is 4.19. The third-order valence-electron chi connectivity index (χ3n) is 5.83. The van der Waals surface area contributed by atoms with Crippen LogP contribution in [0, 0.1) is 0 Å². The molecule has 0 radical (unpaired) electrons. The van der Waals surface area contributed by atoms with Gasteiger partial charge in [0.25, 0.3) is 0 Å². The van der Waals surface area contributed by atoms with Crippen molar-refractivity contribution in [1.82, 2.24) is 19.6 Å². The highest BCUT2D eigenvalue weighted by Crippen LogP contribution is 2.14. The average Bonchev–Trinajstić information content (AvgIpc) is 2.60. The number of nitrogens with zero attached hydrogens (tertiary/aromatic N) is 4. The van der Waals surface area contributed by atoms with E-state index in [2.05, 4.69) is 33.4 Å². The molecule has 7 heteroatoms. The van der Waals surface area contributed by atoms with E-state index in [0.29, 0.717) is 5.78 Å². The van der Waals surface area contributed by atoms with Gasteiger partial charge in [-0.3, -0.25) is 24.4 Å². The smallest absolute Gasteiger partial charge is 0.166 e. The van der Waals surface area contributed by atoms with Crippen LogP contribution >= 0.6 is 0 Å². The van der Waals surface area contributed by atoms with Crippen LogP contribution in [-0.4, -0.2) is 115 Å². The number of rotatable bonds is 8. The summed E-state index contributed by atoms with van der Waals surface area (Å²) in [5.41, 5.74) is 11.8. The van der Waals surface area contributed by atoms with Crippen LogP contribution in [0.5, 0.6) is 0 Å². The summed E-state index contributed by atoms with van der Waals surface area (Å²) in [7, 11) is 0. The summed E-state index contributed by atoms with van der Waals surface area (Å²) in [6, 6.07) is 0.400. The monoisotopic (exact) mass is 368 g/mol. The van der Waals surface area contributed by atoms with Gasteiger partial charge in [-0.25, -0.2) is 0 Å². The number of carbonyl (C=O) groups excluding carboxylic acids is 1. The highest BCUT2D eigenvalue weighted by molar-refractivity contribution is 5.88. The summed E-state index contributed by atoms with van der Waals surface area (Å²) < 4.78 is 0. The molecule has 4 atom stereocenters. The summed E-state index contributed by atoms with van der Waals surface area (Å²) >= 11 is 0. The molecule has 0 spiro atoms. The maximum absolute atomic E-state index is 13.0. The summed E-state index contributed by atoms with van der Waals surface area (Å²) in [5, 5.41) is 0. The van der Waals surface area contributed by atoms with Crippen molar-refractivity contribution in [2.45, 2.75) is 51.9 Å². The van der Waals surface area contributed by atoms with Crippen molar-refractivity contribution in [1.29, 1.82) is 0 Å². The van der Waals surface area contributed by atoms with Gasteiger partial charge in [0.15, 0.2) is 5.78 Å². The van der Waals surface area contributed by atoms with Crippen molar-refractivity contribution in [3.8, 4) is 0 Å². The average molecular weight is 369 g/mol. The Kier molecular flexibility index (Phi) is 8.44. The van der Waals surface area contributed by atoms with Crippen molar-refractivity contribution in [3.05, 3.63) is 0 Å². The minimum Gasteiger partial charge on any atom is -0.327 e. The molecule has 0 aromatic carbocycles. The zero-order valence-corrected chi connectivity index (χ0v) is 17.2. The normalized spacial score (nSPS) is 26.4. The molecule has 0 aliphatic carbocycles. The van der Waals surface area contributed by atoms with Gasteiger partial charge in [-0.2, -0.15) is 0 Å². The molecule has 2 saturated heterocycles. The second-order valence-corrected chi connectivity index (χ2v) is 8.38. The van der Waals surface area contributed by atoms with Crippen molar-refractivity contribution >= 4 is 5.78 Å². The summed E-state index contributed by atoms with van der Waals surface area (Å²) in [4.78, 5) is 22.5. The van der Waals surface area contributed by atoms with Crippen LogP contribution in [0.1, 0.15) is 27.7 Å². The molecule has 0 bridgehead atoms. The largest absolute Gasteiger partial charge is 0.327 e. The van der Waals surface area contributed by atoms with Crippen molar-refractivity contribution in [2.75, 3.05) is 65.4 Å². The van der Waals surface area contributed by atoms with Gasteiger partial charge in [0.2, 0.25) is 0 Å². The number of carbonyl (C=O) groups is 1. The van der Waals surface area contributed by atoms with E-state index >= 15 is 0 Å². The third-order valence-corrected chi connectivity index (χ3v) is 5.83. The maximum Gasteiger partial charge on any atom is 0.166 e. The molecule has 152 valence electrons. The Hall–Kier alpha value is -0.570. The lowest BCUT2D eigenvalue weighted by molar-refractivity contribution is -0.130. The minimum atomic E-state index is -0.00968. The first-order chi connectivity index (χ1) is 12.3. The Balaban J connectivity index is 1.77. The molecule has 0 saturated carbocycles. The molecular weight excluding hydrogens is 328 g/mol. The highest BCUT2D eigenvalue weighted by atomic mass is 16.1. The first kappa shape index (κ1) is 21.7. The van der Waals surface area contributed by atoms with Gasteiger partial charge in [-0.05, 0) is 27.7 Å². The van der Waals surface area contributed by atoms with Gasteiger partial charge >= 0.3 is 0 Å². The SMILES string of the molecule is CC(N)CN1CCN([C@H](C)C(=O)[C@@H](C)N2CCN(CC(C)N)CC2)CC1. The zero-order valence-electron chi connectivity index (χ0n) is 17.2. The Morgan fingerprint density at radius 3 is 1.27 bits per heavy atom. The summed E-state index contributed by atoms with van der Waals surface area (Å²) in [5.74, 6) is 0.353. The van der Waals surface area contributed by atoms with Crippen LogP contribution in [-0.2, 0) is 4.79 Å². The lowest BCUT2D eigenvalue weighted by atomic mass is 10.0. The van der Waals surface area contributed by atoms with E-state index in [1.807, 2.05) is 13.8 Å². The number of hydrogen-bond acceptors (Lipinski definition) is 7. The number of ketones is 1. The molecule has 2 aliphatic rings. The van der Waals surface area contributed by atoms with E-state index in [4.69, 9.17) is 11.5 Å². The van der Waals surface area contributed by atoms with E-state index in [1.165, 1.54) is 0 Å². The van der Waals surface area contributed by atoms with Gasteiger partial charge in [-0.1, -0.05) is 0 Å². The number of hydrogen-bond donors (Lipinski definition) is 2. The van der Waals surface area contributed by atoms with Crippen LogP contribution in [0.15, 0.2) is 0 Å². The highest BCUT2D eigenvalue weighted by Gasteiger charge is 2.32. The lowest BCUT2D eigenvalue weighted by Gasteiger charge is -2.41. The van der Waals surface area contributed by atoms with Crippen LogP contribution < -0.4 is 11.5 Å². The van der Waals surface area contributed by atoms with E-state index in [9.17, 15) is 4.79 Å². The molecule has 7 nitrogen and oxygen atoms in total. The Morgan fingerprint density at radius 2 is 1.00 bits per heavy atom. The fraction of sp³-hybridized carbons (Fsp3) is 0.947. The van der Waals surface area contributed by atoms with Gasteiger partial charge in [0.05, 0.1) is 12.1 Å². The quantitative estimate of drug-likeness (QED) is 0.584. The predicted octanol–water partition coefficient (Wildman–Crippen LogP) is -0.738.